The summed E-state index contributed by atoms with van der Waals surface area (Å²) >= 11 is 0. The number of carbonyl (C=O) groups excluding carboxylic acids is 1. The smallest absolute Gasteiger partial charge is 0.220 e. The zero-order chi connectivity index (χ0) is 15.1. The van der Waals surface area contributed by atoms with Gasteiger partial charge >= 0.3 is 0 Å². The molecule has 0 aromatic carbocycles. The third-order valence-corrected chi connectivity index (χ3v) is 5.43. The molecule has 1 aliphatic carbocycles. The maximum absolute atomic E-state index is 12.1. The second kappa shape index (κ2) is 8.74. The Balaban J connectivity index is 1.58. The van der Waals surface area contributed by atoms with E-state index in [1.54, 1.807) is 0 Å². The summed E-state index contributed by atoms with van der Waals surface area (Å²) in [5.41, 5.74) is 0. The number of amides is 1. The number of nitrogens with one attached hydrogen (secondary N) is 2. The molecule has 1 unspecified atom stereocenters. The summed E-state index contributed by atoms with van der Waals surface area (Å²) in [6.45, 7) is 6.24. The second-order valence-corrected chi connectivity index (χ2v) is 7.04. The van der Waals surface area contributed by atoms with Gasteiger partial charge in [-0.3, -0.25) is 4.79 Å². The first-order valence-corrected chi connectivity index (χ1v) is 8.84. The van der Waals surface area contributed by atoms with Crippen molar-refractivity contribution in [2.45, 2.75) is 57.9 Å². The van der Waals surface area contributed by atoms with Crippen molar-refractivity contribution in [2.75, 3.05) is 33.2 Å². The van der Waals surface area contributed by atoms with Crippen molar-refractivity contribution >= 4 is 5.91 Å². The number of rotatable bonds is 7. The lowest BCUT2D eigenvalue weighted by Gasteiger charge is -2.28. The van der Waals surface area contributed by atoms with E-state index in [0.29, 0.717) is 12.3 Å². The first kappa shape index (κ1) is 16.8. The third-order valence-electron chi connectivity index (χ3n) is 5.43. The lowest BCUT2D eigenvalue weighted by Crippen LogP contribution is -2.38. The fourth-order valence-corrected chi connectivity index (χ4v) is 3.84. The van der Waals surface area contributed by atoms with E-state index in [1.807, 2.05) is 0 Å². The molecule has 2 fully saturated rings. The second-order valence-electron chi connectivity index (χ2n) is 7.04. The Morgan fingerprint density at radius 1 is 1.24 bits per heavy atom. The molecule has 0 radical (unpaired) electrons. The van der Waals surface area contributed by atoms with Crippen molar-refractivity contribution in [2.24, 2.45) is 11.8 Å². The maximum Gasteiger partial charge on any atom is 0.220 e. The van der Waals surface area contributed by atoms with Gasteiger partial charge in [-0.25, -0.2) is 0 Å². The molecule has 122 valence electrons. The molecule has 0 aromatic rings. The van der Waals surface area contributed by atoms with Crippen LogP contribution in [-0.2, 0) is 4.79 Å². The van der Waals surface area contributed by atoms with Crippen LogP contribution in [0.5, 0.6) is 0 Å². The van der Waals surface area contributed by atoms with Gasteiger partial charge < -0.3 is 15.5 Å². The molecule has 0 bridgehead atoms. The molecular weight excluding hydrogens is 262 g/mol. The summed E-state index contributed by atoms with van der Waals surface area (Å²) in [6, 6.07) is 0.746. The van der Waals surface area contributed by atoms with E-state index in [2.05, 4.69) is 29.5 Å². The maximum atomic E-state index is 12.1. The molecule has 4 heteroatoms. The number of carbonyl (C=O) groups is 1. The molecule has 1 heterocycles. The first-order valence-electron chi connectivity index (χ1n) is 8.84. The number of nitrogens with zero attached hydrogens (tertiary/aromatic N) is 1. The fourth-order valence-electron chi connectivity index (χ4n) is 3.84. The van der Waals surface area contributed by atoms with E-state index in [4.69, 9.17) is 0 Å². The highest BCUT2D eigenvalue weighted by atomic mass is 16.1. The van der Waals surface area contributed by atoms with E-state index in [0.717, 1.165) is 38.1 Å². The Labute approximate surface area is 130 Å². The largest absolute Gasteiger partial charge is 0.355 e. The molecule has 4 nitrogen and oxygen atoms in total. The molecule has 0 aromatic heterocycles. The molecule has 1 atom stereocenters. The molecule has 21 heavy (non-hydrogen) atoms. The van der Waals surface area contributed by atoms with Crippen molar-refractivity contribution in [3.8, 4) is 0 Å². The predicted octanol–water partition coefficient (Wildman–Crippen LogP) is 2.00. The van der Waals surface area contributed by atoms with Gasteiger partial charge in [-0.15, -0.1) is 0 Å². The summed E-state index contributed by atoms with van der Waals surface area (Å²) in [4.78, 5) is 14.5. The SMILES string of the molecule is CC(CC(=O)NCCN(C)C1CCCC1)C1CCNCC1. The zero-order valence-corrected chi connectivity index (χ0v) is 13.9. The van der Waals surface area contributed by atoms with Gasteiger partial charge in [0.05, 0.1) is 0 Å². The van der Waals surface area contributed by atoms with Crippen LogP contribution in [-0.4, -0.2) is 50.1 Å². The van der Waals surface area contributed by atoms with Crippen LogP contribution >= 0.6 is 0 Å². The number of hydrogen-bond donors (Lipinski definition) is 2. The van der Waals surface area contributed by atoms with Crippen LogP contribution < -0.4 is 10.6 Å². The molecule has 1 saturated carbocycles. The van der Waals surface area contributed by atoms with Gasteiger partial charge in [-0.1, -0.05) is 19.8 Å². The summed E-state index contributed by atoms with van der Waals surface area (Å²) in [5.74, 6) is 1.47. The van der Waals surface area contributed by atoms with Gasteiger partial charge in [0.25, 0.3) is 0 Å². The van der Waals surface area contributed by atoms with Crippen LogP contribution in [0, 0.1) is 11.8 Å². The molecule has 0 spiro atoms. The van der Waals surface area contributed by atoms with Gasteiger partial charge in [0.2, 0.25) is 5.91 Å². The van der Waals surface area contributed by atoms with Crippen molar-refractivity contribution in [1.82, 2.24) is 15.5 Å². The van der Waals surface area contributed by atoms with E-state index < -0.39 is 0 Å². The summed E-state index contributed by atoms with van der Waals surface area (Å²) in [6.07, 6.45) is 8.54. The van der Waals surface area contributed by atoms with Gasteiger partial charge in [0, 0.05) is 25.6 Å². The normalized spacial score (nSPS) is 22.6. The quantitative estimate of drug-likeness (QED) is 0.755. The highest BCUT2D eigenvalue weighted by Gasteiger charge is 2.22. The average Bonchev–Trinajstić information content (AvgIpc) is 3.02. The Bertz CT molecular complexity index is 309. The minimum Gasteiger partial charge on any atom is -0.355 e. The molecular formula is C17H33N3O. The minimum absolute atomic E-state index is 0.237. The van der Waals surface area contributed by atoms with Crippen molar-refractivity contribution < 1.29 is 4.79 Å². The van der Waals surface area contributed by atoms with Gasteiger partial charge in [-0.2, -0.15) is 0 Å². The monoisotopic (exact) mass is 295 g/mol. The third kappa shape index (κ3) is 5.59. The fraction of sp³-hybridized carbons (Fsp3) is 0.941. The molecule has 2 N–H and O–H groups in total. The first-order chi connectivity index (χ1) is 10.2. The van der Waals surface area contributed by atoms with Crippen molar-refractivity contribution in [1.29, 1.82) is 0 Å². The standard InChI is InChI=1S/C17H33N3O/c1-14(15-7-9-18-10-8-15)13-17(21)19-11-12-20(2)16-5-3-4-6-16/h14-16,18H,3-13H2,1-2H3,(H,19,21). The van der Waals surface area contributed by atoms with Gasteiger partial charge in [0.15, 0.2) is 0 Å². The highest BCUT2D eigenvalue weighted by Crippen LogP contribution is 2.24. The van der Waals surface area contributed by atoms with E-state index >= 15 is 0 Å². The predicted molar refractivity (Wildman–Crippen MR) is 87.3 cm³/mol. The molecule has 2 aliphatic rings. The summed E-state index contributed by atoms with van der Waals surface area (Å²) in [7, 11) is 2.19. The highest BCUT2D eigenvalue weighted by molar-refractivity contribution is 5.76. The average molecular weight is 295 g/mol. The molecule has 1 aliphatic heterocycles. The number of hydrogen-bond acceptors (Lipinski definition) is 3. The molecule has 1 saturated heterocycles. The van der Waals surface area contributed by atoms with Gasteiger partial charge in [0.1, 0.15) is 0 Å². The van der Waals surface area contributed by atoms with Crippen LogP contribution in [0.25, 0.3) is 0 Å². The zero-order valence-electron chi connectivity index (χ0n) is 13.9. The lowest BCUT2D eigenvalue weighted by molar-refractivity contribution is -0.122. The van der Waals surface area contributed by atoms with Crippen LogP contribution in [0.4, 0.5) is 0 Å². The summed E-state index contributed by atoms with van der Waals surface area (Å²) in [5, 5.41) is 6.50. The lowest BCUT2D eigenvalue weighted by atomic mass is 9.84. The molecule has 2 rings (SSSR count). The number of likely N-dealkylation sites (N-methyl/N-ethyl adjacent to an activating group) is 1. The van der Waals surface area contributed by atoms with E-state index in [9.17, 15) is 4.79 Å². The topological polar surface area (TPSA) is 44.4 Å². The van der Waals surface area contributed by atoms with E-state index in [1.165, 1.54) is 38.5 Å². The minimum atomic E-state index is 0.237. The van der Waals surface area contributed by atoms with Crippen LogP contribution in [0.15, 0.2) is 0 Å². The Hall–Kier alpha value is -0.610. The Kier molecular flexibility index (Phi) is 6.97. The Morgan fingerprint density at radius 3 is 2.57 bits per heavy atom. The molecule has 1 amide bonds. The van der Waals surface area contributed by atoms with Crippen molar-refractivity contribution in [3.05, 3.63) is 0 Å². The van der Waals surface area contributed by atoms with Crippen LogP contribution in [0.2, 0.25) is 0 Å². The van der Waals surface area contributed by atoms with Crippen LogP contribution in [0.3, 0.4) is 0 Å². The number of piperidine rings is 1. The van der Waals surface area contributed by atoms with Crippen LogP contribution in [0.1, 0.15) is 51.9 Å². The van der Waals surface area contributed by atoms with E-state index in [-0.39, 0.29) is 5.91 Å². The van der Waals surface area contributed by atoms with Gasteiger partial charge in [-0.05, 0) is 57.7 Å². The summed E-state index contributed by atoms with van der Waals surface area (Å²) < 4.78 is 0. The van der Waals surface area contributed by atoms with Crippen molar-refractivity contribution in [3.63, 3.8) is 0 Å². The Morgan fingerprint density at radius 2 is 1.90 bits per heavy atom.